The molecule has 21 heavy (non-hydrogen) atoms. The Morgan fingerprint density at radius 3 is 2.52 bits per heavy atom. The highest BCUT2D eigenvalue weighted by Crippen LogP contribution is 2.24. The standard InChI is InChI=1S/C16H13NO4/c1-10-7-8-12-14(13(10)18)21-16(20)17(15(12)19)9-11-5-3-2-4-6-11/h2-8,18H,9H2,1H3. The number of phenolic OH excluding ortho intramolecular Hbond substituents is 1. The number of aromatic hydroxyl groups is 1. The summed E-state index contributed by atoms with van der Waals surface area (Å²) in [7, 11) is 0. The van der Waals surface area contributed by atoms with Gasteiger partial charge in [-0.15, -0.1) is 0 Å². The molecule has 0 spiro atoms. The van der Waals surface area contributed by atoms with E-state index in [1.54, 1.807) is 19.1 Å². The molecule has 3 aromatic rings. The lowest BCUT2D eigenvalue weighted by molar-refractivity contribution is 0.429. The minimum absolute atomic E-state index is 0.0608. The van der Waals surface area contributed by atoms with Crippen LogP contribution in [-0.4, -0.2) is 9.67 Å². The number of hydrogen-bond donors (Lipinski definition) is 1. The van der Waals surface area contributed by atoms with E-state index >= 15 is 0 Å². The van der Waals surface area contributed by atoms with Crippen molar-refractivity contribution in [3.63, 3.8) is 0 Å². The number of benzene rings is 2. The van der Waals surface area contributed by atoms with Crippen LogP contribution in [0.4, 0.5) is 0 Å². The third-order valence-electron chi connectivity index (χ3n) is 3.40. The van der Waals surface area contributed by atoms with Gasteiger partial charge in [-0.05, 0) is 24.1 Å². The lowest BCUT2D eigenvalue weighted by Crippen LogP contribution is -2.32. The fourth-order valence-corrected chi connectivity index (χ4v) is 2.21. The zero-order valence-electron chi connectivity index (χ0n) is 11.4. The van der Waals surface area contributed by atoms with Crippen LogP contribution in [0, 0.1) is 6.92 Å². The van der Waals surface area contributed by atoms with Crippen molar-refractivity contribution in [2.24, 2.45) is 0 Å². The molecule has 106 valence electrons. The molecule has 5 nitrogen and oxygen atoms in total. The van der Waals surface area contributed by atoms with Crippen LogP contribution in [0.25, 0.3) is 11.0 Å². The summed E-state index contributed by atoms with van der Waals surface area (Å²) in [6, 6.07) is 12.3. The van der Waals surface area contributed by atoms with Crippen LogP contribution in [0.5, 0.6) is 5.75 Å². The molecule has 0 saturated heterocycles. The van der Waals surface area contributed by atoms with Gasteiger partial charge in [0, 0.05) is 0 Å². The number of aryl methyl sites for hydroxylation is 1. The first-order valence-corrected chi connectivity index (χ1v) is 6.48. The van der Waals surface area contributed by atoms with E-state index in [-0.39, 0.29) is 23.3 Å². The van der Waals surface area contributed by atoms with Gasteiger partial charge in [-0.3, -0.25) is 4.79 Å². The Balaban J connectivity index is 2.24. The average Bonchev–Trinajstić information content (AvgIpc) is 2.49. The zero-order chi connectivity index (χ0) is 15.0. The molecule has 0 fully saturated rings. The Hall–Kier alpha value is -2.82. The van der Waals surface area contributed by atoms with Gasteiger partial charge in [-0.2, -0.15) is 0 Å². The predicted molar refractivity (Wildman–Crippen MR) is 78.7 cm³/mol. The maximum absolute atomic E-state index is 12.4. The van der Waals surface area contributed by atoms with Gasteiger partial charge in [0.05, 0.1) is 11.9 Å². The van der Waals surface area contributed by atoms with Crippen LogP contribution < -0.4 is 11.3 Å². The minimum Gasteiger partial charge on any atom is -0.504 e. The molecule has 0 aliphatic rings. The van der Waals surface area contributed by atoms with Gasteiger partial charge in [0.15, 0.2) is 11.3 Å². The predicted octanol–water partition coefficient (Wildman–Crippen LogP) is 2.02. The van der Waals surface area contributed by atoms with Crippen LogP contribution in [0.15, 0.2) is 56.5 Å². The molecule has 0 atom stereocenters. The van der Waals surface area contributed by atoms with E-state index in [0.29, 0.717) is 5.56 Å². The molecule has 0 aliphatic carbocycles. The lowest BCUT2D eigenvalue weighted by atomic mass is 10.1. The molecule has 0 radical (unpaired) electrons. The average molecular weight is 283 g/mol. The van der Waals surface area contributed by atoms with E-state index < -0.39 is 11.3 Å². The Morgan fingerprint density at radius 1 is 1.10 bits per heavy atom. The summed E-state index contributed by atoms with van der Waals surface area (Å²) >= 11 is 0. The van der Waals surface area contributed by atoms with E-state index in [9.17, 15) is 14.7 Å². The normalized spacial score (nSPS) is 10.9. The first-order valence-electron chi connectivity index (χ1n) is 6.48. The van der Waals surface area contributed by atoms with Gasteiger partial charge in [-0.25, -0.2) is 9.36 Å². The summed E-state index contributed by atoms with van der Waals surface area (Å²) in [6.45, 7) is 1.80. The fourth-order valence-electron chi connectivity index (χ4n) is 2.21. The second-order valence-electron chi connectivity index (χ2n) is 4.85. The van der Waals surface area contributed by atoms with E-state index in [1.165, 1.54) is 0 Å². The topological polar surface area (TPSA) is 72.4 Å². The minimum atomic E-state index is -0.780. The molecule has 5 heteroatoms. The number of hydrogen-bond acceptors (Lipinski definition) is 4. The van der Waals surface area contributed by atoms with E-state index in [1.807, 2.05) is 30.3 Å². The van der Waals surface area contributed by atoms with Gasteiger partial charge in [0.2, 0.25) is 0 Å². The van der Waals surface area contributed by atoms with Gasteiger partial charge in [-0.1, -0.05) is 36.4 Å². The van der Waals surface area contributed by atoms with Crippen molar-refractivity contribution in [2.45, 2.75) is 13.5 Å². The molecule has 0 saturated carbocycles. The maximum Gasteiger partial charge on any atom is 0.422 e. The molecule has 3 rings (SSSR count). The Labute approximate surface area is 119 Å². The first-order chi connectivity index (χ1) is 10.1. The molecule has 1 N–H and O–H groups in total. The largest absolute Gasteiger partial charge is 0.504 e. The summed E-state index contributed by atoms with van der Waals surface area (Å²) in [5.41, 5.74) is 0.836. The third kappa shape index (κ3) is 2.23. The molecule has 0 bridgehead atoms. The molecule has 1 aromatic heterocycles. The Kier molecular flexibility index (Phi) is 3.10. The summed E-state index contributed by atoms with van der Waals surface area (Å²) in [6.07, 6.45) is 0. The zero-order valence-corrected chi connectivity index (χ0v) is 11.4. The summed E-state index contributed by atoms with van der Waals surface area (Å²) in [5.74, 6) is -0.953. The van der Waals surface area contributed by atoms with Crippen LogP contribution in [-0.2, 0) is 6.54 Å². The second-order valence-corrected chi connectivity index (χ2v) is 4.85. The molecular weight excluding hydrogens is 270 g/mol. The number of rotatable bonds is 2. The summed E-state index contributed by atoms with van der Waals surface area (Å²) in [5, 5.41) is 10.1. The van der Waals surface area contributed by atoms with Crippen molar-refractivity contribution in [2.75, 3.05) is 0 Å². The highest BCUT2D eigenvalue weighted by molar-refractivity contribution is 5.82. The van der Waals surface area contributed by atoms with E-state index in [0.717, 1.165) is 10.1 Å². The van der Waals surface area contributed by atoms with E-state index in [4.69, 9.17) is 4.42 Å². The Morgan fingerprint density at radius 2 is 1.81 bits per heavy atom. The SMILES string of the molecule is Cc1ccc2c(=O)n(Cc3ccccc3)c(=O)oc2c1O. The van der Waals surface area contributed by atoms with Gasteiger partial charge >= 0.3 is 5.76 Å². The van der Waals surface area contributed by atoms with Crippen molar-refractivity contribution in [3.8, 4) is 5.75 Å². The van der Waals surface area contributed by atoms with Crippen LogP contribution in [0.2, 0.25) is 0 Å². The van der Waals surface area contributed by atoms with Crippen molar-refractivity contribution in [3.05, 3.63) is 74.5 Å². The van der Waals surface area contributed by atoms with Gasteiger partial charge < -0.3 is 9.52 Å². The second kappa shape index (κ2) is 4.94. The number of phenols is 1. The molecule has 0 unspecified atom stereocenters. The van der Waals surface area contributed by atoms with Crippen LogP contribution in [0.1, 0.15) is 11.1 Å². The maximum atomic E-state index is 12.4. The van der Waals surface area contributed by atoms with Gasteiger partial charge in [0.25, 0.3) is 5.56 Å². The molecule has 2 aromatic carbocycles. The molecule has 0 amide bonds. The van der Waals surface area contributed by atoms with Crippen molar-refractivity contribution in [1.29, 1.82) is 0 Å². The molecule has 1 heterocycles. The highest BCUT2D eigenvalue weighted by Gasteiger charge is 2.14. The number of nitrogens with zero attached hydrogens (tertiary/aromatic N) is 1. The van der Waals surface area contributed by atoms with E-state index in [2.05, 4.69) is 0 Å². The molecule has 0 aliphatic heterocycles. The van der Waals surface area contributed by atoms with Crippen molar-refractivity contribution >= 4 is 11.0 Å². The Bertz CT molecular complexity index is 923. The summed E-state index contributed by atoms with van der Waals surface area (Å²) < 4.78 is 6.14. The third-order valence-corrected chi connectivity index (χ3v) is 3.40. The smallest absolute Gasteiger partial charge is 0.422 e. The quantitative estimate of drug-likeness (QED) is 0.781. The lowest BCUT2D eigenvalue weighted by Gasteiger charge is -2.07. The van der Waals surface area contributed by atoms with Crippen LogP contribution in [0.3, 0.4) is 0 Å². The van der Waals surface area contributed by atoms with Crippen LogP contribution >= 0.6 is 0 Å². The summed E-state index contributed by atoms with van der Waals surface area (Å²) in [4.78, 5) is 24.4. The fraction of sp³-hybridized carbons (Fsp3) is 0.125. The number of aromatic nitrogens is 1. The highest BCUT2D eigenvalue weighted by atomic mass is 16.4. The van der Waals surface area contributed by atoms with Crippen molar-refractivity contribution < 1.29 is 9.52 Å². The molecular formula is C16H13NO4. The van der Waals surface area contributed by atoms with Gasteiger partial charge in [0.1, 0.15) is 0 Å². The number of fused-ring (bicyclic) bond motifs is 1. The first kappa shape index (κ1) is 13.2. The van der Waals surface area contributed by atoms with Crippen molar-refractivity contribution in [1.82, 2.24) is 4.57 Å². The monoisotopic (exact) mass is 283 g/mol.